The Balaban J connectivity index is 2.53. The first-order valence-corrected chi connectivity index (χ1v) is 7.40. The molecule has 0 bridgehead atoms. The summed E-state index contributed by atoms with van der Waals surface area (Å²) >= 11 is 0. The molecule has 1 aromatic rings. The number of nitrogens with zero attached hydrogens (tertiary/aromatic N) is 2. The van der Waals surface area contributed by atoms with Gasteiger partial charge in [-0.25, -0.2) is 9.13 Å². The maximum atomic E-state index is 2.47. The van der Waals surface area contributed by atoms with Crippen LogP contribution in [0.4, 0.5) is 0 Å². The topological polar surface area (TPSA) is 8.81 Å². The van der Waals surface area contributed by atoms with Crippen LogP contribution < -0.4 is 4.57 Å². The summed E-state index contributed by atoms with van der Waals surface area (Å²) in [5.41, 5.74) is 0. The van der Waals surface area contributed by atoms with E-state index >= 15 is 0 Å². The van der Waals surface area contributed by atoms with Crippen molar-refractivity contribution >= 4 is 0 Å². The molecule has 17 heavy (non-hydrogen) atoms. The lowest BCUT2D eigenvalue weighted by Crippen LogP contribution is -2.36. The molecule has 2 nitrogen and oxygen atoms in total. The summed E-state index contributed by atoms with van der Waals surface area (Å²) in [6.45, 7) is 9.07. The second kappa shape index (κ2) is 8.32. The van der Waals surface area contributed by atoms with Crippen molar-refractivity contribution in [1.82, 2.24) is 4.57 Å². The van der Waals surface area contributed by atoms with Crippen LogP contribution in [0, 0.1) is 0 Å². The third-order valence-corrected chi connectivity index (χ3v) is 3.44. The van der Waals surface area contributed by atoms with E-state index < -0.39 is 0 Å². The normalized spacial score (nSPS) is 11.0. The van der Waals surface area contributed by atoms with Crippen LogP contribution in [-0.2, 0) is 19.5 Å². The molecule has 1 heterocycles. The van der Waals surface area contributed by atoms with Crippen molar-refractivity contribution in [3.05, 3.63) is 18.2 Å². The molecule has 1 aromatic heterocycles. The second-order valence-corrected chi connectivity index (χ2v) is 4.86. The number of aromatic nitrogens is 2. The second-order valence-electron chi connectivity index (χ2n) is 4.86. The summed E-state index contributed by atoms with van der Waals surface area (Å²) in [6, 6.07) is 0. The van der Waals surface area contributed by atoms with Gasteiger partial charge in [0.15, 0.2) is 0 Å². The van der Waals surface area contributed by atoms with Gasteiger partial charge in [0.1, 0.15) is 12.4 Å². The number of imidazole rings is 1. The van der Waals surface area contributed by atoms with Gasteiger partial charge in [-0.15, -0.1) is 0 Å². The number of aryl methyl sites for hydroxylation is 2. The van der Waals surface area contributed by atoms with Crippen molar-refractivity contribution in [2.75, 3.05) is 0 Å². The van der Waals surface area contributed by atoms with Gasteiger partial charge >= 0.3 is 0 Å². The maximum Gasteiger partial charge on any atom is 0.256 e. The predicted molar refractivity (Wildman–Crippen MR) is 73.1 cm³/mol. The first-order chi connectivity index (χ1) is 8.33. The molecule has 0 amide bonds. The lowest BCUT2D eigenvalue weighted by atomic mass is 10.2. The van der Waals surface area contributed by atoms with Crippen LogP contribution in [0.25, 0.3) is 0 Å². The van der Waals surface area contributed by atoms with Gasteiger partial charge in [-0.2, -0.15) is 0 Å². The van der Waals surface area contributed by atoms with Crippen LogP contribution in [0.15, 0.2) is 12.4 Å². The predicted octanol–water partition coefficient (Wildman–Crippen LogP) is 3.72. The smallest absolute Gasteiger partial charge is 0.235 e. The Morgan fingerprint density at radius 1 is 1.00 bits per heavy atom. The zero-order valence-corrected chi connectivity index (χ0v) is 11.9. The Hall–Kier alpha value is -0.790. The Kier molecular flexibility index (Phi) is 6.99. The highest BCUT2D eigenvalue weighted by Gasteiger charge is 2.14. The minimum Gasteiger partial charge on any atom is -0.235 e. The highest BCUT2D eigenvalue weighted by Crippen LogP contribution is 2.06. The molecule has 0 aliphatic heterocycles. The molecule has 0 saturated heterocycles. The molecular weight excluding hydrogens is 208 g/mol. The van der Waals surface area contributed by atoms with Crippen LogP contribution in [0.3, 0.4) is 0 Å². The van der Waals surface area contributed by atoms with Gasteiger partial charge in [-0.05, 0) is 26.2 Å². The first kappa shape index (κ1) is 14.3. The molecule has 0 unspecified atom stereocenters. The molecule has 1 rings (SSSR count). The first-order valence-electron chi connectivity index (χ1n) is 7.40. The van der Waals surface area contributed by atoms with Crippen molar-refractivity contribution in [1.29, 1.82) is 0 Å². The summed E-state index contributed by atoms with van der Waals surface area (Å²) in [5.74, 6) is 1.52. The number of hydrogen-bond donors (Lipinski definition) is 0. The molecular formula is C15H29N2+. The SMILES string of the molecule is CCCCCCn1cc[n+](CC)c1CCCC. The largest absolute Gasteiger partial charge is 0.256 e. The quantitative estimate of drug-likeness (QED) is 0.457. The third kappa shape index (κ3) is 4.53. The summed E-state index contributed by atoms with van der Waals surface area (Å²) in [7, 11) is 0. The van der Waals surface area contributed by atoms with Gasteiger partial charge < -0.3 is 0 Å². The molecule has 0 aliphatic rings. The van der Waals surface area contributed by atoms with Gasteiger partial charge in [-0.1, -0.05) is 33.1 Å². The average Bonchev–Trinajstić information content (AvgIpc) is 2.74. The highest BCUT2D eigenvalue weighted by molar-refractivity contribution is 4.84. The zero-order chi connectivity index (χ0) is 12.5. The molecule has 0 fully saturated rings. The van der Waals surface area contributed by atoms with Crippen LogP contribution in [0.5, 0.6) is 0 Å². The van der Waals surface area contributed by atoms with Crippen molar-refractivity contribution in [3.8, 4) is 0 Å². The van der Waals surface area contributed by atoms with Crippen LogP contribution >= 0.6 is 0 Å². The molecule has 0 atom stereocenters. The van der Waals surface area contributed by atoms with Gasteiger partial charge in [0.05, 0.1) is 13.1 Å². The fraction of sp³-hybridized carbons (Fsp3) is 0.800. The van der Waals surface area contributed by atoms with Gasteiger partial charge in [0, 0.05) is 6.42 Å². The monoisotopic (exact) mass is 237 g/mol. The van der Waals surface area contributed by atoms with Gasteiger partial charge in [-0.3, -0.25) is 0 Å². The van der Waals surface area contributed by atoms with E-state index in [1.54, 1.807) is 0 Å². The van der Waals surface area contributed by atoms with Crippen molar-refractivity contribution in [2.24, 2.45) is 0 Å². The number of unbranched alkanes of at least 4 members (excludes halogenated alkanes) is 4. The van der Waals surface area contributed by atoms with Gasteiger partial charge in [0.25, 0.3) is 5.82 Å². The fourth-order valence-corrected chi connectivity index (χ4v) is 2.32. The van der Waals surface area contributed by atoms with E-state index in [0.29, 0.717) is 0 Å². The Bertz CT molecular complexity index is 302. The molecule has 0 aliphatic carbocycles. The Morgan fingerprint density at radius 2 is 1.76 bits per heavy atom. The van der Waals surface area contributed by atoms with E-state index in [-0.39, 0.29) is 0 Å². The van der Waals surface area contributed by atoms with E-state index in [9.17, 15) is 0 Å². The number of hydrogen-bond acceptors (Lipinski definition) is 0. The summed E-state index contributed by atoms with van der Waals surface area (Å²) in [4.78, 5) is 0. The Labute approximate surface area is 107 Å². The minimum atomic E-state index is 1.10. The molecule has 0 N–H and O–H groups in total. The fourth-order valence-electron chi connectivity index (χ4n) is 2.32. The molecule has 2 heteroatoms. The van der Waals surface area contributed by atoms with E-state index in [1.807, 2.05) is 0 Å². The van der Waals surface area contributed by atoms with Crippen LogP contribution in [-0.4, -0.2) is 4.57 Å². The third-order valence-electron chi connectivity index (χ3n) is 3.44. The molecule has 98 valence electrons. The molecule has 0 saturated carbocycles. The maximum absolute atomic E-state index is 2.47. The van der Waals surface area contributed by atoms with Crippen molar-refractivity contribution < 1.29 is 4.57 Å². The van der Waals surface area contributed by atoms with E-state index in [0.717, 1.165) is 6.54 Å². The summed E-state index contributed by atoms with van der Waals surface area (Å²) in [5, 5.41) is 0. The number of rotatable bonds is 9. The summed E-state index contributed by atoms with van der Waals surface area (Å²) < 4.78 is 4.87. The standard InChI is InChI=1S/C15H29N2/c1-4-7-9-10-12-17-14-13-16(6-3)15(17)11-8-5-2/h13-14H,4-12H2,1-3H3/q+1. The summed E-state index contributed by atoms with van der Waals surface area (Å²) in [6.07, 6.45) is 13.7. The average molecular weight is 237 g/mol. The lowest BCUT2D eigenvalue weighted by Gasteiger charge is -2.03. The van der Waals surface area contributed by atoms with Crippen molar-refractivity contribution in [3.63, 3.8) is 0 Å². The Morgan fingerprint density at radius 3 is 2.41 bits per heavy atom. The van der Waals surface area contributed by atoms with Crippen LogP contribution in [0.2, 0.25) is 0 Å². The molecule has 0 spiro atoms. The van der Waals surface area contributed by atoms with Gasteiger partial charge in [0.2, 0.25) is 0 Å². The van der Waals surface area contributed by atoms with Crippen LogP contribution in [0.1, 0.15) is 65.1 Å². The molecule has 0 aromatic carbocycles. The van der Waals surface area contributed by atoms with E-state index in [1.165, 1.54) is 57.3 Å². The molecule has 0 radical (unpaired) electrons. The van der Waals surface area contributed by atoms with Crippen molar-refractivity contribution in [2.45, 2.75) is 78.8 Å². The highest BCUT2D eigenvalue weighted by atomic mass is 15.1. The minimum absolute atomic E-state index is 1.10. The zero-order valence-electron chi connectivity index (χ0n) is 11.9. The van der Waals surface area contributed by atoms with E-state index in [4.69, 9.17) is 0 Å². The van der Waals surface area contributed by atoms with E-state index in [2.05, 4.69) is 42.3 Å². The lowest BCUT2D eigenvalue weighted by molar-refractivity contribution is -0.700.